The Labute approximate surface area is 91.1 Å². The molecule has 0 radical (unpaired) electrons. The van der Waals surface area contributed by atoms with Gasteiger partial charge in [-0.3, -0.25) is 4.98 Å². The first-order valence-electron chi connectivity index (χ1n) is 5.06. The van der Waals surface area contributed by atoms with E-state index in [1.54, 1.807) is 18.5 Å². The minimum Gasteiger partial charge on any atom is -0.380 e. The lowest BCUT2D eigenvalue weighted by Crippen LogP contribution is -2.31. The first-order valence-corrected chi connectivity index (χ1v) is 5.06. The number of nitrogens with zero attached hydrogens (tertiary/aromatic N) is 2. The molecule has 0 saturated heterocycles. The van der Waals surface area contributed by atoms with E-state index in [-0.39, 0.29) is 11.5 Å². The van der Waals surface area contributed by atoms with Crippen molar-refractivity contribution in [2.24, 2.45) is 5.41 Å². The summed E-state index contributed by atoms with van der Waals surface area (Å²) in [4.78, 5) is 4.01. The van der Waals surface area contributed by atoms with Crippen molar-refractivity contribution in [3.05, 3.63) is 24.0 Å². The second-order valence-corrected chi connectivity index (χ2v) is 4.77. The van der Waals surface area contributed by atoms with Gasteiger partial charge in [0.15, 0.2) is 0 Å². The highest BCUT2D eigenvalue weighted by Crippen LogP contribution is 2.23. The van der Waals surface area contributed by atoms with Crippen molar-refractivity contribution in [2.75, 3.05) is 5.32 Å². The van der Waals surface area contributed by atoms with E-state index in [1.807, 2.05) is 0 Å². The number of anilines is 1. The van der Waals surface area contributed by atoms with Gasteiger partial charge in [-0.25, -0.2) is 0 Å². The molecular formula is C12H17N3. The van der Waals surface area contributed by atoms with E-state index in [4.69, 9.17) is 5.26 Å². The molecule has 0 fully saturated rings. The van der Waals surface area contributed by atoms with Crippen LogP contribution in [0.25, 0.3) is 0 Å². The molecule has 1 atom stereocenters. The third kappa shape index (κ3) is 2.95. The summed E-state index contributed by atoms with van der Waals surface area (Å²) in [6.45, 7) is 8.58. The zero-order valence-electron chi connectivity index (χ0n) is 9.70. The van der Waals surface area contributed by atoms with Crippen LogP contribution >= 0.6 is 0 Å². The smallest absolute Gasteiger partial charge is 0.101 e. The monoisotopic (exact) mass is 203 g/mol. The Morgan fingerprint density at radius 2 is 2.13 bits per heavy atom. The Hall–Kier alpha value is -1.56. The fourth-order valence-electron chi connectivity index (χ4n) is 1.06. The van der Waals surface area contributed by atoms with Crippen LogP contribution in [-0.4, -0.2) is 11.0 Å². The molecule has 0 aliphatic carbocycles. The van der Waals surface area contributed by atoms with Gasteiger partial charge in [-0.1, -0.05) is 20.8 Å². The SMILES string of the molecule is CC(Nc1cnccc1C#N)C(C)(C)C. The van der Waals surface area contributed by atoms with Crippen molar-refractivity contribution < 1.29 is 0 Å². The first kappa shape index (κ1) is 11.5. The quantitative estimate of drug-likeness (QED) is 0.804. The Kier molecular flexibility index (Phi) is 3.31. The number of rotatable bonds is 2. The molecule has 1 aromatic rings. The normalized spacial score (nSPS) is 13.0. The van der Waals surface area contributed by atoms with Gasteiger partial charge in [0.1, 0.15) is 6.07 Å². The molecule has 0 spiro atoms. The van der Waals surface area contributed by atoms with Gasteiger partial charge in [0.2, 0.25) is 0 Å². The molecule has 1 unspecified atom stereocenters. The van der Waals surface area contributed by atoms with E-state index < -0.39 is 0 Å². The van der Waals surface area contributed by atoms with Crippen molar-refractivity contribution in [3.8, 4) is 6.07 Å². The van der Waals surface area contributed by atoms with Crippen LogP contribution in [0.15, 0.2) is 18.5 Å². The summed E-state index contributed by atoms with van der Waals surface area (Å²) in [5.74, 6) is 0. The van der Waals surface area contributed by atoms with Crippen molar-refractivity contribution in [2.45, 2.75) is 33.7 Å². The number of nitriles is 1. The number of pyridine rings is 1. The summed E-state index contributed by atoms with van der Waals surface area (Å²) in [6, 6.07) is 4.16. The van der Waals surface area contributed by atoms with Gasteiger partial charge in [0, 0.05) is 12.2 Å². The van der Waals surface area contributed by atoms with E-state index in [2.05, 4.69) is 44.1 Å². The van der Waals surface area contributed by atoms with Crippen LogP contribution in [0.1, 0.15) is 33.3 Å². The Bertz CT molecular complexity index is 371. The maximum Gasteiger partial charge on any atom is 0.101 e. The topological polar surface area (TPSA) is 48.7 Å². The maximum atomic E-state index is 8.92. The molecule has 0 bridgehead atoms. The van der Waals surface area contributed by atoms with Gasteiger partial charge in [-0.2, -0.15) is 5.26 Å². The highest BCUT2D eigenvalue weighted by atomic mass is 14.9. The van der Waals surface area contributed by atoms with Crippen molar-refractivity contribution >= 4 is 5.69 Å². The zero-order chi connectivity index (χ0) is 11.5. The predicted octanol–water partition coefficient (Wildman–Crippen LogP) is 2.80. The number of nitrogens with one attached hydrogen (secondary N) is 1. The molecule has 0 aromatic carbocycles. The molecule has 0 aliphatic rings. The molecular weight excluding hydrogens is 186 g/mol. The summed E-state index contributed by atoms with van der Waals surface area (Å²) in [5.41, 5.74) is 1.60. The highest BCUT2D eigenvalue weighted by molar-refractivity contribution is 5.55. The molecule has 0 amide bonds. The van der Waals surface area contributed by atoms with Crippen LogP contribution in [0.5, 0.6) is 0 Å². The van der Waals surface area contributed by atoms with E-state index >= 15 is 0 Å². The first-order chi connectivity index (χ1) is 6.95. The van der Waals surface area contributed by atoms with Crippen LogP contribution in [0.4, 0.5) is 5.69 Å². The van der Waals surface area contributed by atoms with Crippen molar-refractivity contribution in [1.29, 1.82) is 5.26 Å². The number of aromatic nitrogens is 1. The molecule has 15 heavy (non-hydrogen) atoms. The molecule has 3 heteroatoms. The van der Waals surface area contributed by atoms with Gasteiger partial charge >= 0.3 is 0 Å². The fraction of sp³-hybridized carbons (Fsp3) is 0.500. The van der Waals surface area contributed by atoms with Crippen LogP contribution in [0.3, 0.4) is 0 Å². The van der Waals surface area contributed by atoms with E-state index in [1.165, 1.54) is 0 Å². The zero-order valence-corrected chi connectivity index (χ0v) is 9.70. The number of hydrogen-bond acceptors (Lipinski definition) is 3. The summed E-state index contributed by atoms with van der Waals surface area (Å²) in [5, 5.41) is 12.2. The van der Waals surface area contributed by atoms with Gasteiger partial charge in [0.25, 0.3) is 0 Å². The van der Waals surface area contributed by atoms with Crippen LogP contribution in [0, 0.1) is 16.7 Å². The lowest BCUT2D eigenvalue weighted by Gasteiger charge is -2.29. The van der Waals surface area contributed by atoms with Crippen molar-refractivity contribution in [1.82, 2.24) is 4.98 Å². The van der Waals surface area contributed by atoms with E-state index in [0.717, 1.165) is 5.69 Å². The molecule has 0 aliphatic heterocycles. The van der Waals surface area contributed by atoms with E-state index in [0.29, 0.717) is 5.56 Å². The maximum absolute atomic E-state index is 8.92. The molecule has 3 nitrogen and oxygen atoms in total. The van der Waals surface area contributed by atoms with Gasteiger partial charge in [-0.05, 0) is 18.4 Å². The largest absolute Gasteiger partial charge is 0.380 e. The summed E-state index contributed by atoms with van der Waals surface area (Å²) in [6.07, 6.45) is 3.33. The lowest BCUT2D eigenvalue weighted by atomic mass is 9.88. The standard InChI is InChI=1S/C12H17N3/c1-9(12(2,3)4)15-11-8-14-6-5-10(11)7-13/h5-6,8-9,15H,1-4H3. The minimum absolute atomic E-state index is 0.155. The average Bonchev–Trinajstić information content (AvgIpc) is 2.17. The van der Waals surface area contributed by atoms with Gasteiger partial charge in [0.05, 0.1) is 17.4 Å². The highest BCUT2D eigenvalue weighted by Gasteiger charge is 2.20. The second kappa shape index (κ2) is 4.31. The van der Waals surface area contributed by atoms with Crippen LogP contribution in [0.2, 0.25) is 0 Å². The summed E-state index contributed by atoms with van der Waals surface area (Å²) in [7, 11) is 0. The molecule has 1 N–H and O–H groups in total. The van der Waals surface area contributed by atoms with Crippen molar-refractivity contribution in [3.63, 3.8) is 0 Å². The Morgan fingerprint density at radius 3 is 2.67 bits per heavy atom. The molecule has 1 aromatic heterocycles. The fourth-order valence-corrected chi connectivity index (χ4v) is 1.06. The average molecular weight is 203 g/mol. The third-order valence-corrected chi connectivity index (χ3v) is 2.61. The van der Waals surface area contributed by atoms with Crippen LogP contribution in [-0.2, 0) is 0 Å². The Morgan fingerprint density at radius 1 is 1.47 bits per heavy atom. The Balaban J connectivity index is 2.86. The van der Waals surface area contributed by atoms with Crippen LogP contribution < -0.4 is 5.32 Å². The molecule has 80 valence electrons. The second-order valence-electron chi connectivity index (χ2n) is 4.77. The van der Waals surface area contributed by atoms with Gasteiger partial charge < -0.3 is 5.32 Å². The molecule has 1 heterocycles. The third-order valence-electron chi connectivity index (χ3n) is 2.61. The minimum atomic E-state index is 0.155. The number of hydrogen-bond donors (Lipinski definition) is 1. The predicted molar refractivity (Wildman–Crippen MR) is 61.5 cm³/mol. The summed E-state index contributed by atoms with van der Waals surface area (Å²) >= 11 is 0. The molecule has 1 rings (SSSR count). The summed E-state index contributed by atoms with van der Waals surface area (Å²) < 4.78 is 0. The van der Waals surface area contributed by atoms with Gasteiger partial charge in [-0.15, -0.1) is 0 Å². The molecule has 0 saturated carbocycles. The lowest BCUT2D eigenvalue weighted by molar-refractivity contribution is 0.359. The van der Waals surface area contributed by atoms with E-state index in [9.17, 15) is 0 Å².